The third kappa shape index (κ3) is 4.62. The number of imidazole rings is 1. The largest absolute Gasteiger partial charge is 0.496 e. The fourth-order valence-corrected chi connectivity index (χ4v) is 5.88. The summed E-state index contributed by atoms with van der Waals surface area (Å²) < 4.78 is 7.31. The number of ether oxygens (including phenoxy) is 1. The number of likely N-dealkylation sites (N-methyl/N-ethyl adjacent to an activating group) is 1. The number of aryl methyl sites for hydroxylation is 1. The van der Waals surface area contributed by atoms with Crippen molar-refractivity contribution in [1.29, 1.82) is 0 Å². The summed E-state index contributed by atoms with van der Waals surface area (Å²) in [4.78, 5) is 33.9. The van der Waals surface area contributed by atoms with Crippen LogP contribution in [-0.4, -0.2) is 60.7 Å². The Kier molecular flexibility index (Phi) is 6.79. The maximum absolute atomic E-state index is 13.1. The first-order valence-electron chi connectivity index (χ1n) is 13.0. The highest BCUT2D eigenvalue weighted by molar-refractivity contribution is 5.93. The van der Waals surface area contributed by atoms with Crippen molar-refractivity contribution in [3.63, 3.8) is 0 Å². The van der Waals surface area contributed by atoms with Crippen molar-refractivity contribution < 1.29 is 9.53 Å². The lowest BCUT2D eigenvalue weighted by molar-refractivity contribution is -0.121. The first-order valence-corrected chi connectivity index (χ1v) is 13.0. The maximum Gasteiger partial charge on any atom is 0.326 e. The lowest BCUT2D eigenvalue weighted by atomic mass is 9.85. The summed E-state index contributed by atoms with van der Waals surface area (Å²) in [5.41, 5.74) is 4.73. The molecule has 1 saturated carbocycles. The molecule has 2 N–H and O–H groups in total. The summed E-state index contributed by atoms with van der Waals surface area (Å²) in [5.74, 6) is 0.746. The molecular weight excluding hydrogens is 454 g/mol. The maximum atomic E-state index is 13.1. The second kappa shape index (κ2) is 10.0. The normalized spacial score (nSPS) is 22.4. The molecule has 2 aromatic carbocycles. The molecule has 0 radical (unpaired) electrons. The van der Waals surface area contributed by atoms with Gasteiger partial charge in [-0.2, -0.15) is 0 Å². The third-order valence-corrected chi connectivity index (χ3v) is 8.07. The van der Waals surface area contributed by atoms with Crippen LogP contribution in [0.1, 0.15) is 43.7 Å². The van der Waals surface area contributed by atoms with Crippen molar-refractivity contribution in [2.45, 2.75) is 51.1 Å². The smallest absolute Gasteiger partial charge is 0.326 e. The van der Waals surface area contributed by atoms with Crippen LogP contribution in [0.5, 0.6) is 5.75 Å². The highest BCUT2D eigenvalue weighted by atomic mass is 16.5. The van der Waals surface area contributed by atoms with Gasteiger partial charge in [-0.3, -0.25) is 9.36 Å². The van der Waals surface area contributed by atoms with Gasteiger partial charge in [0, 0.05) is 42.8 Å². The molecule has 0 spiro atoms. The van der Waals surface area contributed by atoms with Gasteiger partial charge in [-0.05, 0) is 76.9 Å². The Morgan fingerprint density at radius 3 is 2.58 bits per heavy atom. The van der Waals surface area contributed by atoms with Gasteiger partial charge >= 0.3 is 5.69 Å². The predicted octanol–water partition coefficient (Wildman–Crippen LogP) is 4.16. The molecule has 2 aliphatic rings. The van der Waals surface area contributed by atoms with Gasteiger partial charge in [-0.25, -0.2) is 4.79 Å². The Hall–Kier alpha value is -3.26. The van der Waals surface area contributed by atoms with E-state index < -0.39 is 0 Å². The number of nitrogens with one attached hydrogen (secondary N) is 2. The number of amides is 1. The summed E-state index contributed by atoms with van der Waals surface area (Å²) in [6.45, 7) is 3.93. The number of nitrogens with zero attached hydrogens (tertiary/aromatic N) is 3. The molecule has 8 heteroatoms. The number of carbonyl (C=O) groups is 1. The van der Waals surface area contributed by atoms with Gasteiger partial charge in [-0.1, -0.05) is 12.1 Å². The van der Waals surface area contributed by atoms with Crippen molar-refractivity contribution in [1.82, 2.24) is 14.5 Å². The Labute approximate surface area is 212 Å². The topological polar surface area (TPSA) is 82.6 Å². The summed E-state index contributed by atoms with van der Waals surface area (Å²) in [5, 5.41) is 3.05. The van der Waals surface area contributed by atoms with Crippen LogP contribution >= 0.6 is 0 Å². The standard InChI is InChI=1S/C28H37N5O3/c1-18-8-11-20(16-25(18)36-4)29-27(34)19-9-12-21(13-10-19)33-24-7-5-6-23(26(24)30-28(33)35)32-15-14-22(17-32)31(2)3/h5-8,11,16,19,21-22H,9-10,12-15,17H2,1-4H3,(H,29,34)(H,30,35). The number of hydrogen-bond donors (Lipinski definition) is 2. The van der Waals surface area contributed by atoms with E-state index in [1.165, 1.54) is 0 Å². The van der Waals surface area contributed by atoms with E-state index in [4.69, 9.17) is 4.74 Å². The highest BCUT2D eigenvalue weighted by Gasteiger charge is 2.30. The fourth-order valence-electron chi connectivity index (χ4n) is 5.88. The minimum Gasteiger partial charge on any atom is -0.496 e. The molecule has 1 amide bonds. The molecule has 1 atom stereocenters. The number of anilines is 2. The van der Waals surface area contributed by atoms with Crippen LogP contribution in [0.15, 0.2) is 41.2 Å². The first kappa shape index (κ1) is 24.4. The molecular formula is C28H37N5O3. The summed E-state index contributed by atoms with van der Waals surface area (Å²) in [6.07, 6.45) is 4.25. The van der Waals surface area contributed by atoms with Gasteiger partial charge in [-0.15, -0.1) is 0 Å². The van der Waals surface area contributed by atoms with E-state index in [0.717, 1.165) is 78.9 Å². The number of hydrogen-bond acceptors (Lipinski definition) is 5. The number of fused-ring (bicyclic) bond motifs is 1. The van der Waals surface area contributed by atoms with E-state index in [1.54, 1.807) is 7.11 Å². The van der Waals surface area contributed by atoms with Gasteiger partial charge in [0.15, 0.2) is 0 Å². The molecule has 2 heterocycles. The number of aromatic nitrogens is 2. The van der Waals surface area contributed by atoms with Crippen LogP contribution in [0.25, 0.3) is 11.0 Å². The summed E-state index contributed by atoms with van der Waals surface area (Å²) in [7, 11) is 5.89. The molecule has 1 aliphatic carbocycles. The lowest BCUT2D eigenvalue weighted by Gasteiger charge is -2.29. The van der Waals surface area contributed by atoms with Crippen LogP contribution in [0.2, 0.25) is 0 Å². The zero-order valence-electron chi connectivity index (χ0n) is 21.7. The van der Waals surface area contributed by atoms with E-state index in [1.807, 2.05) is 35.8 Å². The molecule has 36 heavy (non-hydrogen) atoms. The minimum absolute atomic E-state index is 0.0393. The lowest BCUT2D eigenvalue weighted by Crippen LogP contribution is -2.31. The zero-order chi connectivity index (χ0) is 25.4. The number of para-hydroxylation sites is 1. The molecule has 192 valence electrons. The van der Waals surface area contributed by atoms with Crippen LogP contribution in [0.4, 0.5) is 11.4 Å². The van der Waals surface area contributed by atoms with Crippen molar-refractivity contribution in [2.24, 2.45) is 5.92 Å². The Morgan fingerprint density at radius 2 is 1.89 bits per heavy atom. The molecule has 0 bridgehead atoms. The number of carbonyl (C=O) groups excluding carboxylic acids is 1. The van der Waals surface area contributed by atoms with Crippen LogP contribution in [0.3, 0.4) is 0 Å². The van der Waals surface area contributed by atoms with Crippen LogP contribution in [0, 0.1) is 12.8 Å². The second-order valence-electron chi connectivity index (χ2n) is 10.5. The Bertz CT molecular complexity index is 1300. The van der Waals surface area contributed by atoms with Crippen LogP contribution in [-0.2, 0) is 4.79 Å². The zero-order valence-corrected chi connectivity index (χ0v) is 21.7. The van der Waals surface area contributed by atoms with E-state index in [-0.39, 0.29) is 23.6 Å². The van der Waals surface area contributed by atoms with Gasteiger partial charge in [0.2, 0.25) is 5.91 Å². The fraction of sp³-hybridized carbons (Fsp3) is 0.500. The van der Waals surface area contributed by atoms with E-state index >= 15 is 0 Å². The molecule has 1 saturated heterocycles. The number of rotatable bonds is 6. The monoisotopic (exact) mass is 491 g/mol. The summed E-state index contributed by atoms with van der Waals surface area (Å²) in [6, 6.07) is 12.6. The van der Waals surface area contributed by atoms with Crippen molar-refractivity contribution in [3.05, 3.63) is 52.4 Å². The quantitative estimate of drug-likeness (QED) is 0.541. The van der Waals surface area contributed by atoms with Crippen molar-refractivity contribution >= 4 is 28.3 Å². The average Bonchev–Trinajstić information content (AvgIpc) is 3.49. The predicted molar refractivity (Wildman–Crippen MR) is 144 cm³/mol. The number of methoxy groups -OCH3 is 1. The highest BCUT2D eigenvalue weighted by Crippen LogP contribution is 2.36. The average molecular weight is 492 g/mol. The number of aromatic amines is 1. The molecule has 1 aliphatic heterocycles. The SMILES string of the molecule is COc1cc(NC(=O)C2CCC(n3c(=O)[nH]c4c(N5CCC(N(C)C)C5)cccc43)CC2)ccc1C. The van der Waals surface area contributed by atoms with Crippen LogP contribution < -0.4 is 20.6 Å². The van der Waals surface area contributed by atoms with Gasteiger partial charge in [0.05, 0.1) is 23.8 Å². The second-order valence-corrected chi connectivity index (χ2v) is 10.5. The van der Waals surface area contributed by atoms with Gasteiger partial charge in [0.25, 0.3) is 0 Å². The molecule has 1 unspecified atom stereocenters. The van der Waals surface area contributed by atoms with E-state index in [2.05, 4.69) is 46.3 Å². The first-order chi connectivity index (χ1) is 17.4. The number of benzene rings is 2. The Balaban J connectivity index is 1.29. The molecule has 8 nitrogen and oxygen atoms in total. The molecule has 1 aromatic heterocycles. The van der Waals surface area contributed by atoms with E-state index in [0.29, 0.717) is 6.04 Å². The third-order valence-electron chi connectivity index (χ3n) is 8.07. The summed E-state index contributed by atoms with van der Waals surface area (Å²) >= 11 is 0. The number of H-pyrrole nitrogens is 1. The molecule has 2 fully saturated rings. The minimum atomic E-state index is -0.0578. The van der Waals surface area contributed by atoms with Gasteiger partial charge < -0.3 is 24.8 Å². The van der Waals surface area contributed by atoms with Crippen molar-refractivity contribution in [2.75, 3.05) is 44.5 Å². The Morgan fingerprint density at radius 1 is 1.11 bits per heavy atom. The van der Waals surface area contributed by atoms with E-state index in [9.17, 15) is 9.59 Å². The van der Waals surface area contributed by atoms with Crippen molar-refractivity contribution in [3.8, 4) is 5.75 Å². The van der Waals surface area contributed by atoms with Gasteiger partial charge in [0.1, 0.15) is 5.75 Å². The molecule has 3 aromatic rings. The molecule has 5 rings (SSSR count).